The molecule has 104 valence electrons. The van der Waals surface area contributed by atoms with Crippen molar-refractivity contribution < 1.29 is 9.66 Å². The zero-order chi connectivity index (χ0) is 14.7. The molecule has 0 aliphatic carbocycles. The predicted molar refractivity (Wildman–Crippen MR) is 84.6 cm³/mol. The zero-order valence-electron chi connectivity index (χ0n) is 9.98. The van der Waals surface area contributed by atoms with Crippen molar-refractivity contribution in [2.24, 2.45) is 0 Å². The Bertz CT molecular complexity index is 624. The average Bonchev–Trinajstić information content (AvgIpc) is 2.43. The summed E-state index contributed by atoms with van der Waals surface area (Å²) in [5.74, 6) is 1.54. The Morgan fingerprint density at radius 1 is 1.15 bits per heavy atom. The molecular formula is C13H8Br2ClNO3. The average molecular weight is 421 g/mol. The molecule has 7 heteroatoms. The summed E-state index contributed by atoms with van der Waals surface area (Å²) in [6.07, 6.45) is 0. The number of alkyl halides is 1. The molecule has 0 saturated heterocycles. The van der Waals surface area contributed by atoms with Crippen molar-refractivity contribution in [1.82, 2.24) is 0 Å². The molecule has 0 aliphatic heterocycles. The van der Waals surface area contributed by atoms with E-state index in [1.807, 2.05) is 12.1 Å². The number of benzene rings is 2. The van der Waals surface area contributed by atoms with E-state index < -0.39 is 4.92 Å². The summed E-state index contributed by atoms with van der Waals surface area (Å²) in [5, 5.41) is 10.8. The van der Waals surface area contributed by atoms with Gasteiger partial charge in [-0.1, -0.05) is 12.1 Å². The number of rotatable bonds is 4. The lowest BCUT2D eigenvalue weighted by molar-refractivity contribution is -0.385. The van der Waals surface area contributed by atoms with Crippen LogP contribution in [0.25, 0.3) is 0 Å². The third-order valence-corrected chi connectivity index (χ3v) is 3.98. The minimum absolute atomic E-state index is 0.0198. The fourth-order valence-corrected chi connectivity index (χ4v) is 3.02. The highest BCUT2D eigenvalue weighted by molar-refractivity contribution is 9.11. The van der Waals surface area contributed by atoms with E-state index >= 15 is 0 Å². The first kappa shape index (κ1) is 15.3. The van der Waals surface area contributed by atoms with Gasteiger partial charge in [0.25, 0.3) is 5.69 Å². The maximum atomic E-state index is 10.8. The van der Waals surface area contributed by atoms with Crippen LogP contribution in [-0.2, 0) is 5.88 Å². The van der Waals surface area contributed by atoms with E-state index in [1.54, 1.807) is 12.1 Å². The second-order valence-corrected chi connectivity index (χ2v) is 5.85. The fraction of sp³-hybridized carbons (Fsp3) is 0.0769. The molecule has 0 atom stereocenters. The van der Waals surface area contributed by atoms with E-state index in [0.717, 1.165) is 5.56 Å². The zero-order valence-corrected chi connectivity index (χ0v) is 13.9. The fourth-order valence-electron chi connectivity index (χ4n) is 1.51. The smallest absolute Gasteiger partial charge is 0.271 e. The molecule has 0 radical (unpaired) electrons. The Hall–Kier alpha value is -1.11. The van der Waals surface area contributed by atoms with Gasteiger partial charge in [-0.2, -0.15) is 0 Å². The molecule has 2 aromatic carbocycles. The number of non-ortho nitro benzene ring substituents is 1. The molecule has 0 unspecified atom stereocenters. The number of ether oxygens (including phenoxy) is 1. The van der Waals surface area contributed by atoms with Gasteiger partial charge in [0.05, 0.1) is 13.9 Å². The second-order valence-electron chi connectivity index (χ2n) is 3.88. The van der Waals surface area contributed by atoms with Crippen molar-refractivity contribution in [2.45, 2.75) is 5.88 Å². The Labute approximate surface area is 137 Å². The van der Waals surface area contributed by atoms with Crippen molar-refractivity contribution >= 4 is 49.1 Å². The van der Waals surface area contributed by atoms with Crippen molar-refractivity contribution in [1.29, 1.82) is 0 Å². The summed E-state index contributed by atoms with van der Waals surface area (Å²) >= 11 is 12.3. The van der Waals surface area contributed by atoms with Gasteiger partial charge in [-0.25, -0.2) is 0 Å². The molecular weight excluding hydrogens is 413 g/mol. The maximum Gasteiger partial charge on any atom is 0.271 e. The van der Waals surface area contributed by atoms with Gasteiger partial charge < -0.3 is 4.74 Å². The van der Waals surface area contributed by atoms with Crippen LogP contribution in [-0.4, -0.2) is 4.92 Å². The van der Waals surface area contributed by atoms with Crippen molar-refractivity contribution in [3.05, 3.63) is 61.0 Å². The molecule has 20 heavy (non-hydrogen) atoms. The molecule has 4 nitrogen and oxygen atoms in total. The van der Waals surface area contributed by atoms with Crippen molar-refractivity contribution in [3.63, 3.8) is 0 Å². The number of hydrogen-bond donors (Lipinski definition) is 0. The monoisotopic (exact) mass is 419 g/mol. The van der Waals surface area contributed by atoms with Crippen LogP contribution in [0, 0.1) is 10.1 Å². The van der Waals surface area contributed by atoms with Gasteiger partial charge >= 0.3 is 0 Å². The molecule has 0 bridgehead atoms. The van der Waals surface area contributed by atoms with Crippen LogP contribution in [0.5, 0.6) is 11.5 Å². The Balaban J connectivity index is 2.30. The van der Waals surface area contributed by atoms with Gasteiger partial charge in [-0.15, -0.1) is 11.6 Å². The summed E-state index contributed by atoms with van der Waals surface area (Å²) < 4.78 is 6.71. The summed E-state index contributed by atoms with van der Waals surface area (Å²) in [6.45, 7) is 0. The van der Waals surface area contributed by atoms with Gasteiger partial charge in [-0.3, -0.25) is 10.1 Å². The van der Waals surface area contributed by atoms with Crippen LogP contribution in [0.2, 0.25) is 0 Å². The summed E-state index contributed by atoms with van der Waals surface area (Å²) in [4.78, 5) is 10.3. The lowest BCUT2D eigenvalue weighted by Gasteiger charge is -2.10. The van der Waals surface area contributed by atoms with E-state index in [4.69, 9.17) is 16.3 Å². The summed E-state index contributed by atoms with van der Waals surface area (Å²) in [5.41, 5.74) is 0.967. The molecule has 0 aliphatic rings. The normalized spacial score (nSPS) is 10.3. The van der Waals surface area contributed by atoms with Gasteiger partial charge in [-0.05, 0) is 49.6 Å². The van der Waals surface area contributed by atoms with E-state index in [-0.39, 0.29) is 5.69 Å². The topological polar surface area (TPSA) is 52.4 Å². The van der Waals surface area contributed by atoms with E-state index in [9.17, 15) is 10.1 Å². The lowest BCUT2D eigenvalue weighted by Crippen LogP contribution is -1.92. The molecule has 2 aromatic rings. The number of hydrogen-bond acceptors (Lipinski definition) is 3. The van der Waals surface area contributed by atoms with Crippen molar-refractivity contribution in [2.75, 3.05) is 0 Å². The Morgan fingerprint density at radius 2 is 1.70 bits per heavy atom. The van der Waals surface area contributed by atoms with Crippen LogP contribution >= 0.6 is 43.5 Å². The van der Waals surface area contributed by atoms with Gasteiger partial charge in [0.2, 0.25) is 0 Å². The molecule has 0 N–H and O–H groups in total. The second kappa shape index (κ2) is 6.56. The third-order valence-electron chi connectivity index (χ3n) is 2.49. The van der Waals surface area contributed by atoms with Gasteiger partial charge in [0.1, 0.15) is 5.75 Å². The molecule has 2 rings (SSSR count). The van der Waals surface area contributed by atoms with E-state index in [0.29, 0.717) is 26.3 Å². The predicted octanol–water partition coefficient (Wildman–Crippen LogP) is 5.65. The van der Waals surface area contributed by atoms with Crippen molar-refractivity contribution in [3.8, 4) is 11.5 Å². The number of nitrogens with zero attached hydrogens (tertiary/aromatic N) is 1. The number of halogens is 3. The standard InChI is InChI=1S/C13H8Br2ClNO3/c14-11-5-9(17(18)19)6-12(15)13(11)20-10-3-1-8(7-16)2-4-10/h1-6H,7H2. The molecule has 0 saturated carbocycles. The largest absolute Gasteiger partial charge is 0.455 e. The highest BCUT2D eigenvalue weighted by Crippen LogP contribution is 2.39. The van der Waals surface area contributed by atoms with Gasteiger partial charge in [0.15, 0.2) is 5.75 Å². The quantitative estimate of drug-likeness (QED) is 0.364. The lowest BCUT2D eigenvalue weighted by atomic mass is 10.2. The SMILES string of the molecule is O=[N+]([O-])c1cc(Br)c(Oc2ccc(CCl)cc2)c(Br)c1. The molecule has 0 heterocycles. The first-order valence-electron chi connectivity index (χ1n) is 5.47. The first-order chi connectivity index (χ1) is 9.51. The Kier molecular flexibility index (Phi) is 5.01. The van der Waals surface area contributed by atoms with Gasteiger partial charge in [0, 0.05) is 18.0 Å². The third kappa shape index (κ3) is 3.50. The molecule has 0 fully saturated rings. The molecule has 0 spiro atoms. The minimum Gasteiger partial charge on any atom is -0.455 e. The van der Waals surface area contributed by atoms with Crippen LogP contribution in [0.15, 0.2) is 45.3 Å². The van der Waals surface area contributed by atoms with E-state index in [2.05, 4.69) is 31.9 Å². The van der Waals surface area contributed by atoms with Crippen LogP contribution in [0.1, 0.15) is 5.56 Å². The number of nitro benzene ring substituents is 1. The number of nitro groups is 1. The highest BCUT2D eigenvalue weighted by atomic mass is 79.9. The molecule has 0 amide bonds. The summed E-state index contributed by atoms with van der Waals surface area (Å²) in [7, 11) is 0. The van der Waals surface area contributed by atoms with Crippen LogP contribution in [0.3, 0.4) is 0 Å². The maximum absolute atomic E-state index is 10.8. The first-order valence-corrected chi connectivity index (χ1v) is 7.59. The minimum atomic E-state index is -0.464. The highest BCUT2D eigenvalue weighted by Gasteiger charge is 2.15. The summed E-state index contributed by atoms with van der Waals surface area (Å²) in [6, 6.07) is 10.1. The van der Waals surface area contributed by atoms with Crippen LogP contribution in [0.4, 0.5) is 5.69 Å². The van der Waals surface area contributed by atoms with Crippen LogP contribution < -0.4 is 4.74 Å². The molecule has 0 aromatic heterocycles. The van der Waals surface area contributed by atoms with E-state index in [1.165, 1.54) is 12.1 Å². The Morgan fingerprint density at radius 3 is 2.15 bits per heavy atom.